The topological polar surface area (TPSA) is 105 Å². The van der Waals surface area contributed by atoms with Gasteiger partial charge in [-0.1, -0.05) is 11.6 Å². The van der Waals surface area contributed by atoms with E-state index in [1.165, 1.54) is 18.2 Å². The minimum absolute atomic E-state index is 0.158. The van der Waals surface area contributed by atoms with Gasteiger partial charge in [-0.2, -0.15) is 8.42 Å². The minimum Gasteiger partial charge on any atom is -0.506 e. The average Bonchev–Trinajstić information content (AvgIpc) is 2.22. The lowest BCUT2D eigenvalue weighted by molar-refractivity contribution is 0.177. The standard InChI is InChI=1S/C8H9ClN2O5S/c1-16-8(13)11-17(14,15)10-6-4-5(9)2-3-7(6)12/h2-4,10,12H,1H3,(H,11,13). The van der Waals surface area contributed by atoms with Gasteiger partial charge in [-0.3, -0.25) is 4.72 Å². The van der Waals surface area contributed by atoms with Gasteiger partial charge in [0.15, 0.2) is 0 Å². The van der Waals surface area contributed by atoms with E-state index in [9.17, 15) is 18.3 Å². The first-order chi connectivity index (χ1) is 7.84. The number of hydrogen-bond acceptors (Lipinski definition) is 5. The monoisotopic (exact) mass is 280 g/mol. The van der Waals surface area contributed by atoms with Gasteiger partial charge in [0.2, 0.25) is 0 Å². The van der Waals surface area contributed by atoms with Crippen molar-refractivity contribution in [2.45, 2.75) is 0 Å². The zero-order valence-electron chi connectivity index (χ0n) is 8.60. The molecular formula is C8H9ClN2O5S. The number of aromatic hydroxyl groups is 1. The maximum atomic E-state index is 11.4. The van der Waals surface area contributed by atoms with Gasteiger partial charge in [-0.25, -0.2) is 9.52 Å². The van der Waals surface area contributed by atoms with Gasteiger partial charge < -0.3 is 9.84 Å². The Balaban J connectivity index is 2.90. The predicted molar refractivity (Wildman–Crippen MR) is 61.2 cm³/mol. The van der Waals surface area contributed by atoms with E-state index in [-0.39, 0.29) is 16.5 Å². The molecule has 0 heterocycles. The second-order valence-corrected chi connectivity index (χ2v) is 4.71. The summed E-state index contributed by atoms with van der Waals surface area (Å²) in [6.07, 6.45) is -1.15. The lowest BCUT2D eigenvalue weighted by Gasteiger charge is -2.09. The van der Waals surface area contributed by atoms with Gasteiger partial charge in [-0.05, 0) is 18.2 Å². The lowest BCUT2D eigenvalue weighted by Crippen LogP contribution is -2.35. The zero-order valence-corrected chi connectivity index (χ0v) is 10.2. The highest BCUT2D eigenvalue weighted by atomic mass is 35.5. The summed E-state index contributed by atoms with van der Waals surface area (Å²) < 4.78 is 30.3. The normalized spacial score (nSPS) is 10.7. The van der Waals surface area contributed by atoms with Crippen LogP contribution in [0.4, 0.5) is 10.5 Å². The summed E-state index contributed by atoms with van der Waals surface area (Å²) in [7, 11) is -3.16. The first kappa shape index (κ1) is 13.4. The molecule has 0 fully saturated rings. The number of ether oxygens (including phenoxy) is 1. The number of anilines is 1. The molecule has 1 aromatic carbocycles. The minimum atomic E-state index is -4.18. The van der Waals surface area contributed by atoms with E-state index in [0.29, 0.717) is 0 Å². The molecule has 1 amide bonds. The summed E-state index contributed by atoms with van der Waals surface area (Å²) in [5.74, 6) is -0.329. The van der Waals surface area contributed by atoms with E-state index in [1.807, 2.05) is 4.72 Å². The molecule has 7 nitrogen and oxygen atoms in total. The van der Waals surface area contributed by atoms with Crippen LogP contribution in [-0.2, 0) is 14.9 Å². The third-order valence-electron chi connectivity index (χ3n) is 1.61. The van der Waals surface area contributed by atoms with Crippen LogP contribution in [0.25, 0.3) is 0 Å². The molecule has 0 aliphatic rings. The molecule has 0 aromatic heterocycles. The van der Waals surface area contributed by atoms with Gasteiger partial charge >= 0.3 is 16.3 Å². The number of amides is 1. The van der Waals surface area contributed by atoms with E-state index in [0.717, 1.165) is 7.11 Å². The first-order valence-electron chi connectivity index (χ1n) is 4.21. The van der Waals surface area contributed by atoms with E-state index >= 15 is 0 Å². The van der Waals surface area contributed by atoms with Crippen LogP contribution in [0.15, 0.2) is 18.2 Å². The summed E-state index contributed by atoms with van der Waals surface area (Å²) in [6, 6.07) is 3.77. The molecular weight excluding hydrogens is 272 g/mol. The Hall–Kier alpha value is -1.67. The maximum Gasteiger partial charge on any atom is 0.422 e. The molecule has 0 bridgehead atoms. The van der Waals surface area contributed by atoms with E-state index < -0.39 is 16.3 Å². The molecule has 94 valence electrons. The fourth-order valence-corrected chi connectivity index (χ4v) is 1.89. The van der Waals surface area contributed by atoms with Crippen LogP contribution in [0.2, 0.25) is 5.02 Å². The van der Waals surface area contributed by atoms with Gasteiger partial charge in [-0.15, -0.1) is 0 Å². The fraction of sp³-hybridized carbons (Fsp3) is 0.125. The van der Waals surface area contributed by atoms with Crippen molar-refractivity contribution in [1.82, 2.24) is 4.72 Å². The molecule has 0 atom stereocenters. The van der Waals surface area contributed by atoms with E-state index in [1.54, 1.807) is 4.72 Å². The molecule has 0 radical (unpaired) electrons. The second-order valence-electron chi connectivity index (χ2n) is 2.86. The van der Waals surface area contributed by atoms with Gasteiger partial charge in [0.1, 0.15) is 5.75 Å². The highest BCUT2D eigenvalue weighted by Crippen LogP contribution is 2.26. The molecule has 0 saturated heterocycles. The Bertz CT molecular complexity index is 531. The van der Waals surface area contributed by atoms with Crippen molar-refractivity contribution >= 4 is 33.6 Å². The summed E-state index contributed by atoms with van der Waals surface area (Å²) in [5, 5.41) is 9.58. The SMILES string of the molecule is COC(=O)NS(=O)(=O)Nc1cc(Cl)ccc1O. The quantitative estimate of drug-likeness (QED) is 0.718. The molecule has 0 spiro atoms. The highest BCUT2D eigenvalue weighted by Gasteiger charge is 2.16. The number of halogens is 1. The predicted octanol–water partition coefficient (Wildman–Crippen LogP) is 1.06. The van der Waals surface area contributed by atoms with Gasteiger partial charge in [0, 0.05) is 5.02 Å². The van der Waals surface area contributed by atoms with Crippen LogP contribution in [-0.4, -0.2) is 26.7 Å². The molecule has 3 N–H and O–H groups in total. The molecule has 1 rings (SSSR count). The van der Waals surface area contributed by atoms with Crippen molar-refractivity contribution in [3.05, 3.63) is 23.2 Å². The largest absolute Gasteiger partial charge is 0.506 e. The number of phenols is 1. The number of phenolic OH excluding ortho intramolecular Hbond substituents is 1. The van der Waals surface area contributed by atoms with Crippen molar-refractivity contribution < 1.29 is 23.1 Å². The Labute approximate surface area is 103 Å². The third-order valence-corrected chi connectivity index (χ3v) is 2.77. The molecule has 0 aliphatic carbocycles. The van der Waals surface area contributed by atoms with Gasteiger partial charge in [0.25, 0.3) is 0 Å². The molecule has 1 aromatic rings. The van der Waals surface area contributed by atoms with Crippen LogP contribution in [0.5, 0.6) is 5.75 Å². The molecule has 9 heteroatoms. The smallest absolute Gasteiger partial charge is 0.422 e. The maximum absolute atomic E-state index is 11.4. The van der Waals surface area contributed by atoms with Crippen molar-refractivity contribution in [2.24, 2.45) is 0 Å². The Morgan fingerprint density at radius 3 is 2.71 bits per heavy atom. The lowest BCUT2D eigenvalue weighted by atomic mass is 10.3. The number of hydrogen-bond donors (Lipinski definition) is 3. The number of rotatable bonds is 3. The Morgan fingerprint density at radius 1 is 1.47 bits per heavy atom. The molecule has 0 aliphatic heterocycles. The summed E-state index contributed by atoms with van der Waals surface area (Å²) in [6.45, 7) is 0. The molecule has 0 unspecified atom stereocenters. The fourth-order valence-electron chi connectivity index (χ4n) is 0.912. The van der Waals surface area contributed by atoms with E-state index in [2.05, 4.69) is 4.74 Å². The molecule has 17 heavy (non-hydrogen) atoms. The van der Waals surface area contributed by atoms with Crippen LogP contribution >= 0.6 is 11.6 Å². The Kier molecular flexibility index (Phi) is 4.02. The number of benzene rings is 1. The average molecular weight is 281 g/mol. The summed E-state index contributed by atoms with van der Waals surface area (Å²) in [4.78, 5) is 10.7. The number of carbonyl (C=O) groups excluding carboxylic acids is 1. The van der Waals surface area contributed by atoms with Crippen molar-refractivity contribution in [2.75, 3.05) is 11.8 Å². The van der Waals surface area contributed by atoms with Crippen molar-refractivity contribution in [1.29, 1.82) is 0 Å². The van der Waals surface area contributed by atoms with Crippen LogP contribution in [0, 0.1) is 0 Å². The number of methoxy groups -OCH3 is 1. The highest BCUT2D eigenvalue weighted by molar-refractivity contribution is 7.91. The zero-order chi connectivity index (χ0) is 13.1. The molecule has 0 saturated carbocycles. The summed E-state index contributed by atoms with van der Waals surface area (Å²) in [5.41, 5.74) is -0.158. The third kappa shape index (κ3) is 4.00. The van der Waals surface area contributed by atoms with Crippen molar-refractivity contribution in [3.63, 3.8) is 0 Å². The van der Waals surface area contributed by atoms with Gasteiger partial charge in [0.05, 0.1) is 12.8 Å². The van der Waals surface area contributed by atoms with Crippen LogP contribution in [0.1, 0.15) is 0 Å². The van der Waals surface area contributed by atoms with Crippen molar-refractivity contribution in [3.8, 4) is 5.75 Å². The first-order valence-corrected chi connectivity index (χ1v) is 6.07. The number of carbonyl (C=O) groups is 1. The van der Waals surface area contributed by atoms with Crippen LogP contribution < -0.4 is 9.44 Å². The Morgan fingerprint density at radius 2 is 2.12 bits per heavy atom. The van der Waals surface area contributed by atoms with Crippen LogP contribution in [0.3, 0.4) is 0 Å². The van der Waals surface area contributed by atoms with E-state index in [4.69, 9.17) is 11.6 Å². The summed E-state index contributed by atoms with van der Waals surface area (Å²) >= 11 is 5.62. The second kappa shape index (κ2) is 5.11. The number of nitrogens with one attached hydrogen (secondary N) is 2.